The third-order valence-electron chi connectivity index (χ3n) is 1.17. The van der Waals surface area contributed by atoms with Gasteiger partial charge in [0.25, 0.3) is 0 Å². The molecule has 1 aromatic heterocycles. The fraction of sp³-hybridized carbons (Fsp3) is 0.400. The molecule has 0 fully saturated rings. The first kappa shape index (κ1) is 7.65. The van der Waals surface area contributed by atoms with E-state index in [2.05, 4.69) is 21.0 Å². The Bertz CT molecular complexity index is 234. The van der Waals surface area contributed by atoms with Crippen molar-refractivity contribution in [3.05, 3.63) is 16.4 Å². The third kappa shape index (κ3) is 1.18. The molecule has 0 unspecified atom stereocenters. The molecule has 1 rings (SSSR count). The highest BCUT2D eigenvalue weighted by Gasteiger charge is 2.10. The van der Waals surface area contributed by atoms with Crippen molar-refractivity contribution in [1.82, 2.24) is 9.78 Å². The predicted octanol–water partition coefficient (Wildman–Crippen LogP) is 2.35. The second-order valence-electron chi connectivity index (χ2n) is 1.80. The van der Waals surface area contributed by atoms with Crippen LogP contribution in [-0.2, 0) is 0 Å². The van der Waals surface area contributed by atoms with Gasteiger partial charge >= 0.3 is 6.55 Å². The number of aromatic nitrogens is 2. The van der Waals surface area contributed by atoms with Crippen LogP contribution in [0.25, 0.3) is 0 Å². The molecule has 0 aromatic carbocycles. The van der Waals surface area contributed by atoms with Gasteiger partial charge < -0.3 is 0 Å². The molecule has 0 bridgehead atoms. The van der Waals surface area contributed by atoms with E-state index in [4.69, 9.17) is 0 Å². The van der Waals surface area contributed by atoms with Crippen molar-refractivity contribution in [2.45, 2.75) is 13.5 Å². The summed E-state index contributed by atoms with van der Waals surface area (Å²) in [7, 11) is 0. The van der Waals surface area contributed by atoms with Crippen LogP contribution >= 0.6 is 15.9 Å². The number of rotatable bonds is 1. The van der Waals surface area contributed by atoms with Gasteiger partial charge in [-0.2, -0.15) is 13.9 Å². The van der Waals surface area contributed by atoms with E-state index < -0.39 is 6.55 Å². The average molecular weight is 211 g/mol. The van der Waals surface area contributed by atoms with Crippen LogP contribution in [0.15, 0.2) is 10.7 Å². The van der Waals surface area contributed by atoms with Crippen molar-refractivity contribution in [2.24, 2.45) is 0 Å². The molecule has 5 heteroatoms. The van der Waals surface area contributed by atoms with Gasteiger partial charge in [-0.3, -0.25) is 0 Å². The maximum absolute atomic E-state index is 11.9. The first-order chi connectivity index (χ1) is 4.63. The van der Waals surface area contributed by atoms with E-state index >= 15 is 0 Å². The van der Waals surface area contributed by atoms with Crippen LogP contribution in [0.1, 0.15) is 12.2 Å². The van der Waals surface area contributed by atoms with Gasteiger partial charge in [0, 0.05) is 0 Å². The number of nitrogens with zero attached hydrogens (tertiary/aromatic N) is 2. The van der Waals surface area contributed by atoms with Crippen LogP contribution in [0.2, 0.25) is 0 Å². The van der Waals surface area contributed by atoms with Gasteiger partial charge in [0.15, 0.2) is 0 Å². The lowest BCUT2D eigenvalue weighted by Gasteiger charge is -1.99. The van der Waals surface area contributed by atoms with E-state index in [1.807, 2.05) is 0 Å². The Morgan fingerprint density at radius 2 is 2.30 bits per heavy atom. The SMILES string of the molecule is Cc1c(Br)cnn1C(F)F. The minimum Gasteiger partial charge on any atom is -0.208 e. The lowest BCUT2D eigenvalue weighted by atomic mass is 10.5. The number of hydrogen-bond donors (Lipinski definition) is 0. The Morgan fingerprint density at radius 3 is 2.50 bits per heavy atom. The zero-order chi connectivity index (χ0) is 7.72. The lowest BCUT2D eigenvalue weighted by Crippen LogP contribution is -2.01. The molecular weight excluding hydrogens is 206 g/mol. The number of halogens is 3. The van der Waals surface area contributed by atoms with E-state index in [1.54, 1.807) is 6.92 Å². The van der Waals surface area contributed by atoms with Crippen LogP contribution in [0.3, 0.4) is 0 Å². The standard InChI is InChI=1S/C5H5BrF2N2/c1-3-4(6)2-9-10(3)5(7)8/h2,5H,1H3. The maximum Gasteiger partial charge on any atom is 0.333 e. The Hall–Kier alpha value is -0.450. The van der Waals surface area contributed by atoms with Crippen molar-refractivity contribution in [3.63, 3.8) is 0 Å². The van der Waals surface area contributed by atoms with Crippen LogP contribution < -0.4 is 0 Å². The molecule has 56 valence electrons. The Labute approximate surface area is 65.0 Å². The summed E-state index contributed by atoms with van der Waals surface area (Å²) in [5.41, 5.74) is 0.440. The van der Waals surface area contributed by atoms with Crippen molar-refractivity contribution in [3.8, 4) is 0 Å². The Balaban J connectivity index is 3.05. The van der Waals surface area contributed by atoms with Gasteiger partial charge in [-0.1, -0.05) is 0 Å². The van der Waals surface area contributed by atoms with E-state index in [0.29, 0.717) is 14.8 Å². The van der Waals surface area contributed by atoms with E-state index in [0.717, 1.165) is 0 Å². The molecule has 1 heterocycles. The van der Waals surface area contributed by atoms with Crippen LogP contribution in [0.5, 0.6) is 0 Å². The summed E-state index contributed by atoms with van der Waals surface area (Å²) in [4.78, 5) is 0. The quantitative estimate of drug-likeness (QED) is 0.696. The molecule has 0 aliphatic rings. The first-order valence-corrected chi connectivity index (χ1v) is 3.40. The smallest absolute Gasteiger partial charge is 0.208 e. The number of hydrogen-bond acceptors (Lipinski definition) is 1. The summed E-state index contributed by atoms with van der Waals surface area (Å²) >= 11 is 3.07. The van der Waals surface area contributed by atoms with Crippen LogP contribution in [0.4, 0.5) is 8.78 Å². The topological polar surface area (TPSA) is 17.8 Å². The Morgan fingerprint density at radius 1 is 1.70 bits per heavy atom. The van der Waals surface area contributed by atoms with Crippen molar-refractivity contribution in [1.29, 1.82) is 0 Å². The van der Waals surface area contributed by atoms with Crippen molar-refractivity contribution >= 4 is 15.9 Å². The summed E-state index contributed by atoms with van der Waals surface area (Å²) < 4.78 is 25.1. The fourth-order valence-electron chi connectivity index (χ4n) is 0.599. The highest BCUT2D eigenvalue weighted by atomic mass is 79.9. The molecule has 0 amide bonds. The Kier molecular flexibility index (Phi) is 2.03. The molecule has 2 nitrogen and oxygen atoms in total. The van der Waals surface area contributed by atoms with Gasteiger partial charge in [-0.05, 0) is 22.9 Å². The normalized spacial score (nSPS) is 10.9. The van der Waals surface area contributed by atoms with Gasteiger partial charge in [0.05, 0.1) is 16.4 Å². The van der Waals surface area contributed by atoms with Crippen molar-refractivity contribution in [2.75, 3.05) is 0 Å². The molecule has 0 aliphatic heterocycles. The second-order valence-corrected chi connectivity index (χ2v) is 2.65. The molecule has 0 saturated heterocycles. The molecular formula is C5H5BrF2N2. The largest absolute Gasteiger partial charge is 0.333 e. The summed E-state index contributed by atoms with van der Waals surface area (Å²) in [6.07, 6.45) is 1.35. The average Bonchev–Trinajstić information content (AvgIpc) is 2.14. The number of alkyl halides is 2. The minimum atomic E-state index is -2.55. The molecule has 0 saturated carbocycles. The summed E-state index contributed by atoms with van der Waals surface area (Å²) in [5.74, 6) is 0. The van der Waals surface area contributed by atoms with Gasteiger partial charge in [0.2, 0.25) is 0 Å². The van der Waals surface area contributed by atoms with E-state index in [1.165, 1.54) is 6.20 Å². The third-order valence-corrected chi connectivity index (χ3v) is 1.95. The molecule has 0 spiro atoms. The first-order valence-electron chi connectivity index (χ1n) is 2.60. The van der Waals surface area contributed by atoms with Crippen LogP contribution in [0, 0.1) is 6.92 Å². The fourth-order valence-corrected chi connectivity index (χ4v) is 0.872. The lowest BCUT2D eigenvalue weighted by molar-refractivity contribution is 0.0543. The van der Waals surface area contributed by atoms with Gasteiger partial charge in [-0.15, -0.1) is 0 Å². The molecule has 10 heavy (non-hydrogen) atoms. The van der Waals surface area contributed by atoms with E-state index in [9.17, 15) is 8.78 Å². The zero-order valence-corrected chi connectivity index (χ0v) is 6.77. The highest BCUT2D eigenvalue weighted by molar-refractivity contribution is 9.10. The maximum atomic E-state index is 11.9. The summed E-state index contributed by atoms with van der Waals surface area (Å²) in [5, 5.41) is 3.43. The molecule has 0 aliphatic carbocycles. The minimum absolute atomic E-state index is 0.440. The van der Waals surface area contributed by atoms with Gasteiger partial charge in [0.1, 0.15) is 0 Å². The van der Waals surface area contributed by atoms with E-state index in [-0.39, 0.29) is 0 Å². The highest BCUT2D eigenvalue weighted by Crippen LogP contribution is 2.19. The molecule has 1 aromatic rings. The van der Waals surface area contributed by atoms with Crippen molar-refractivity contribution < 1.29 is 8.78 Å². The van der Waals surface area contributed by atoms with Gasteiger partial charge in [-0.25, -0.2) is 4.68 Å². The predicted molar refractivity (Wildman–Crippen MR) is 35.9 cm³/mol. The summed E-state index contributed by atoms with van der Waals surface area (Å²) in [6, 6.07) is 0. The van der Waals surface area contributed by atoms with Crippen LogP contribution in [-0.4, -0.2) is 9.78 Å². The second kappa shape index (κ2) is 2.65. The summed E-state index contributed by atoms with van der Waals surface area (Å²) in [6.45, 7) is -0.977. The zero-order valence-electron chi connectivity index (χ0n) is 5.18. The molecule has 0 radical (unpaired) electrons. The molecule has 0 atom stereocenters. The molecule has 0 N–H and O–H groups in total. The monoisotopic (exact) mass is 210 g/mol.